The minimum atomic E-state index is -0.743. The van der Waals surface area contributed by atoms with Gasteiger partial charge in [-0.15, -0.1) is 0 Å². The lowest BCUT2D eigenvalue weighted by molar-refractivity contribution is -0.384. The van der Waals surface area contributed by atoms with E-state index in [9.17, 15) is 24.5 Å². The fourth-order valence-corrected chi connectivity index (χ4v) is 7.57. The van der Waals surface area contributed by atoms with E-state index in [-0.39, 0.29) is 16.2 Å². The van der Waals surface area contributed by atoms with Crippen molar-refractivity contribution in [2.75, 3.05) is 4.90 Å². The molecule has 2 aliphatic heterocycles. The molecule has 1 N–H and O–H groups in total. The first-order chi connectivity index (χ1) is 18.8. The Labute approximate surface area is 230 Å². The molecule has 9 nitrogen and oxygen atoms in total. The Morgan fingerprint density at radius 1 is 0.974 bits per heavy atom. The summed E-state index contributed by atoms with van der Waals surface area (Å²) in [6, 6.07) is 20.7. The lowest BCUT2D eigenvalue weighted by atomic mass is 9.83. The predicted molar refractivity (Wildman–Crippen MR) is 147 cm³/mol. The molecule has 2 amide bonds. The van der Waals surface area contributed by atoms with Crippen LogP contribution in [0, 0.1) is 23.0 Å². The van der Waals surface area contributed by atoms with Crippen molar-refractivity contribution in [3.63, 3.8) is 0 Å². The molecule has 3 atom stereocenters. The monoisotopic (exact) mass is 559 g/mol. The number of carbonyl (C=O) groups excluding carboxylic acids is 2. The molecule has 0 spiro atoms. The summed E-state index contributed by atoms with van der Waals surface area (Å²) in [7, 11) is 0. The van der Waals surface area contributed by atoms with E-state index in [0.717, 1.165) is 32.9 Å². The number of thioether (sulfide) groups is 1. The third kappa shape index (κ3) is 4.43. The maximum absolute atomic E-state index is 13.8. The second-order valence-electron chi connectivity index (χ2n) is 9.32. The number of anilines is 1. The molecule has 1 saturated heterocycles. The van der Waals surface area contributed by atoms with Gasteiger partial charge in [0.05, 0.1) is 21.6 Å². The standard InChI is InChI=1S/C28H21N3O6S2/c1-15-4-2-3-5-17(15)14-37-20-12-6-16(7-13-20)21-22-24(38-25-23(21)39-28(34)29-25)27(33)30(26(22)32)18-8-10-19(11-9-18)31(35)36/h2-13,21-22,24H,14H2,1H3,(H,29,34). The van der Waals surface area contributed by atoms with E-state index in [4.69, 9.17) is 4.74 Å². The number of H-pyrrole nitrogens is 1. The zero-order chi connectivity index (χ0) is 27.3. The maximum atomic E-state index is 13.8. The Morgan fingerprint density at radius 2 is 1.69 bits per heavy atom. The van der Waals surface area contributed by atoms with Crippen molar-refractivity contribution < 1.29 is 19.2 Å². The van der Waals surface area contributed by atoms with Gasteiger partial charge in [0.2, 0.25) is 11.8 Å². The number of aromatic nitrogens is 1. The SMILES string of the molecule is Cc1ccccc1COc1ccc(C2c3sc(=O)[nH]c3SC3C(=O)N(c4ccc([N+](=O)[O-])cc4)C(=O)C32)cc1. The highest BCUT2D eigenvalue weighted by Crippen LogP contribution is 2.53. The summed E-state index contributed by atoms with van der Waals surface area (Å²) in [5.74, 6) is -1.41. The van der Waals surface area contributed by atoms with Crippen molar-refractivity contribution in [3.8, 4) is 5.75 Å². The first-order valence-corrected chi connectivity index (χ1v) is 13.8. The molecule has 0 bridgehead atoms. The quantitative estimate of drug-likeness (QED) is 0.200. The highest BCUT2D eigenvalue weighted by Gasteiger charge is 2.56. The summed E-state index contributed by atoms with van der Waals surface area (Å²) in [4.78, 5) is 54.5. The highest BCUT2D eigenvalue weighted by atomic mass is 32.2. The van der Waals surface area contributed by atoms with Crippen LogP contribution in [0.25, 0.3) is 0 Å². The van der Waals surface area contributed by atoms with E-state index >= 15 is 0 Å². The van der Waals surface area contributed by atoms with Crippen molar-refractivity contribution in [3.05, 3.63) is 114 Å². The minimum Gasteiger partial charge on any atom is -0.489 e. The number of ether oxygens (including phenoxy) is 1. The van der Waals surface area contributed by atoms with Gasteiger partial charge in [-0.25, -0.2) is 4.90 Å². The number of aryl methyl sites for hydroxylation is 1. The number of amides is 2. The molecule has 3 unspecified atom stereocenters. The van der Waals surface area contributed by atoms with Gasteiger partial charge in [-0.2, -0.15) is 0 Å². The van der Waals surface area contributed by atoms with Gasteiger partial charge >= 0.3 is 4.87 Å². The van der Waals surface area contributed by atoms with Crippen LogP contribution in [0.1, 0.15) is 27.5 Å². The van der Waals surface area contributed by atoms with Crippen molar-refractivity contribution in [1.82, 2.24) is 4.98 Å². The molecule has 196 valence electrons. The number of nitro groups is 1. The number of benzene rings is 3. The van der Waals surface area contributed by atoms with Crippen LogP contribution in [0.15, 0.2) is 82.6 Å². The lowest BCUT2D eigenvalue weighted by Gasteiger charge is -2.29. The van der Waals surface area contributed by atoms with E-state index in [1.807, 2.05) is 55.5 Å². The Morgan fingerprint density at radius 3 is 2.38 bits per heavy atom. The number of hydrogen-bond donors (Lipinski definition) is 1. The van der Waals surface area contributed by atoms with E-state index in [1.165, 1.54) is 36.0 Å². The number of carbonyl (C=O) groups is 2. The molecule has 39 heavy (non-hydrogen) atoms. The third-order valence-electron chi connectivity index (χ3n) is 7.04. The van der Waals surface area contributed by atoms with Gasteiger partial charge in [0.1, 0.15) is 17.6 Å². The Hall–Kier alpha value is -4.22. The maximum Gasteiger partial charge on any atom is 0.305 e. The average molecular weight is 560 g/mol. The third-order valence-corrected chi connectivity index (χ3v) is 9.44. The molecular weight excluding hydrogens is 538 g/mol. The molecule has 0 saturated carbocycles. The van der Waals surface area contributed by atoms with Gasteiger partial charge in [0, 0.05) is 22.9 Å². The van der Waals surface area contributed by atoms with Crippen LogP contribution < -0.4 is 14.5 Å². The van der Waals surface area contributed by atoms with Crippen molar-refractivity contribution in [1.29, 1.82) is 0 Å². The number of aromatic amines is 1. The number of non-ortho nitro benzene ring substituents is 1. The Bertz CT molecular complexity index is 1660. The number of imide groups is 1. The largest absolute Gasteiger partial charge is 0.489 e. The van der Waals surface area contributed by atoms with Crippen LogP contribution >= 0.6 is 23.1 Å². The molecule has 1 fully saturated rings. The van der Waals surface area contributed by atoms with Gasteiger partial charge < -0.3 is 9.72 Å². The molecular formula is C28H21N3O6S2. The van der Waals surface area contributed by atoms with Crippen molar-refractivity contribution in [2.45, 2.75) is 29.7 Å². The topological polar surface area (TPSA) is 123 Å². The van der Waals surface area contributed by atoms with Crippen LogP contribution in [0.3, 0.4) is 0 Å². The van der Waals surface area contributed by atoms with Gasteiger partial charge in [-0.1, -0.05) is 59.5 Å². The van der Waals surface area contributed by atoms with Crippen LogP contribution in [-0.2, 0) is 16.2 Å². The van der Waals surface area contributed by atoms with E-state index in [1.54, 1.807) is 0 Å². The Kier molecular flexibility index (Phi) is 6.32. The number of nitrogens with one attached hydrogen (secondary N) is 1. The molecule has 0 radical (unpaired) electrons. The second kappa shape index (κ2) is 9.83. The smallest absolute Gasteiger partial charge is 0.305 e. The summed E-state index contributed by atoms with van der Waals surface area (Å²) in [6.45, 7) is 2.44. The summed E-state index contributed by atoms with van der Waals surface area (Å²) < 4.78 is 5.98. The van der Waals surface area contributed by atoms with Gasteiger partial charge in [-0.3, -0.25) is 24.5 Å². The van der Waals surface area contributed by atoms with Crippen LogP contribution in [0.2, 0.25) is 0 Å². The van der Waals surface area contributed by atoms with Crippen LogP contribution in [-0.4, -0.2) is 27.0 Å². The Balaban J connectivity index is 1.32. The van der Waals surface area contributed by atoms with E-state index in [0.29, 0.717) is 22.3 Å². The van der Waals surface area contributed by atoms with Crippen LogP contribution in [0.4, 0.5) is 11.4 Å². The minimum absolute atomic E-state index is 0.132. The summed E-state index contributed by atoms with van der Waals surface area (Å²) in [6.07, 6.45) is 0. The van der Waals surface area contributed by atoms with Gasteiger partial charge in [0.15, 0.2) is 0 Å². The zero-order valence-corrected chi connectivity index (χ0v) is 22.2. The first-order valence-electron chi connectivity index (χ1n) is 12.1. The normalized spacial score (nSPS) is 20.0. The molecule has 1 aromatic heterocycles. The van der Waals surface area contributed by atoms with E-state index < -0.39 is 33.8 Å². The van der Waals surface area contributed by atoms with Gasteiger partial charge in [0.25, 0.3) is 5.69 Å². The molecule has 11 heteroatoms. The lowest BCUT2D eigenvalue weighted by Crippen LogP contribution is -2.32. The molecule has 3 aromatic carbocycles. The fraction of sp³-hybridized carbons (Fsp3) is 0.179. The van der Waals surface area contributed by atoms with Gasteiger partial charge in [-0.05, 0) is 47.9 Å². The predicted octanol–water partition coefficient (Wildman–Crippen LogP) is 5.03. The van der Waals surface area contributed by atoms with Crippen molar-refractivity contribution >= 4 is 46.3 Å². The van der Waals surface area contributed by atoms with Crippen LogP contribution in [0.5, 0.6) is 5.75 Å². The molecule has 6 rings (SSSR count). The summed E-state index contributed by atoms with van der Waals surface area (Å²) in [5.41, 5.74) is 3.15. The second-order valence-corrected chi connectivity index (χ2v) is 11.5. The first kappa shape index (κ1) is 25.1. The number of hydrogen-bond acceptors (Lipinski definition) is 8. The van der Waals surface area contributed by atoms with Crippen molar-refractivity contribution in [2.24, 2.45) is 5.92 Å². The number of fused-ring (bicyclic) bond motifs is 2. The average Bonchev–Trinajstić information content (AvgIpc) is 3.42. The number of rotatable bonds is 6. The highest BCUT2D eigenvalue weighted by molar-refractivity contribution is 8.00. The number of nitrogens with zero attached hydrogens (tertiary/aromatic N) is 2. The molecule has 2 aliphatic rings. The number of thiazole rings is 1. The molecule has 3 heterocycles. The summed E-state index contributed by atoms with van der Waals surface area (Å²) in [5, 5.41) is 10.9. The number of nitro benzene ring substituents is 1. The van der Waals surface area contributed by atoms with E-state index in [2.05, 4.69) is 4.98 Å². The fourth-order valence-electron chi connectivity index (χ4n) is 5.06. The molecule has 0 aliphatic carbocycles. The molecule has 4 aromatic rings. The zero-order valence-electron chi connectivity index (χ0n) is 20.5. The summed E-state index contributed by atoms with van der Waals surface area (Å²) >= 11 is 2.23.